The third-order valence-corrected chi connectivity index (χ3v) is 27.4. The Hall–Kier alpha value is -3.38. The average molecular weight is 1810 g/mol. The average Bonchev–Trinajstić information content (AvgIpc) is 0.903. The third-order valence-electron chi connectivity index (χ3n) is 27.4. The van der Waals surface area contributed by atoms with Crippen LogP contribution in [0.3, 0.4) is 0 Å². The first-order valence-electron chi connectivity index (χ1n) is 56.3. The van der Waals surface area contributed by atoms with Crippen LogP contribution >= 0.6 is 0 Å². The van der Waals surface area contributed by atoms with E-state index in [2.05, 4.69) is 86.9 Å². The number of esters is 6. The molecule has 17 heteroatoms. The molecule has 0 radical (unpaired) electrons. The molecule has 0 N–H and O–H groups in total. The summed E-state index contributed by atoms with van der Waals surface area (Å²) in [7, 11) is 2.20. The van der Waals surface area contributed by atoms with Crippen LogP contribution in [0.2, 0.25) is 0 Å². The maximum absolute atomic E-state index is 13.6. The third kappa shape index (κ3) is 78.9. The molecule has 4 unspecified atom stereocenters. The summed E-state index contributed by atoms with van der Waals surface area (Å²) < 4.78 is 35.9. The number of piperazine rings is 1. The molecule has 1 fully saturated rings. The van der Waals surface area contributed by atoms with Gasteiger partial charge in [-0.1, -0.05) is 364 Å². The predicted octanol–water partition coefficient (Wildman–Crippen LogP) is 29.1. The van der Waals surface area contributed by atoms with Gasteiger partial charge in [0.05, 0.1) is 76.2 Å². The second-order valence-electron chi connectivity index (χ2n) is 39.5. The van der Waals surface area contributed by atoms with E-state index < -0.39 is 0 Å². The summed E-state index contributed by atoms with van der Waals surface area (Å²) in [6.45, 7) is 34.2. The van der Waals surface area contributed by atoms with E-state index in [4.69, 9.17) is 28.4 Å². The van der Waals surface area contributed by atoms with E-state index >= 15 is 0 Å². The highest BCUT2D eigenvalue weighted by Crippen LogP contribution is 2.27. The number of carbonyl (C=O) groups is 6. The number of likely N-dealkylation sites (N-methyl/N-ethyl adjacent to an activating group) is 1. The topological polar surface area (TPSA) is 174 Å². The summed E-state index contributed by atoms with van der Waals surface area (Å²) in [6.07, 6.45) is 79.0. The lowest BCUT2D eigenvalue weighted by atomic mass is 9.94. The Morgan fingerprint density at radius 3 is 0.641 bits per heavy atom. The number of hydrogen-bond acceptors (Lipinski definition) is 17. The van der Waals surface area contributed by atoms with Crippen molar-refractivity contribution < 1.29 is 57.2 Å². The van der Waals surface area contributed by atoms with Gasteiger partial charge in [0.1, 0.15) is 0 Å². The fourth-order valence-corrected chi connectivity index (χ4v) is 18.4. The molecule has 4 atom stereocenters. The molecule has 0 aromatic carbocycles. The lowest BCUT2D eigenvalue weighted by molar-refractivity contribution is -0.150. The van der Waals surface area contributed by atoms with E-state index in [1.807, 2.05) is 0 Å². The van der Waals surface area contributed by atoms with Gasteiger partial charge in [-0.2, -0.15) is 0 Å². The lowest BCUT2D eigenvalue weighted by Gasteiger charge is -2.32. The fraction of sp³-hybridized carbons (Fsp3) is 0.946. The van der Waals surface area contributed by atoms with Gasteiger partial charge in [-0.15, -0.1) is 0 Å². The molecule has 0 amide bonds. The highest BCUT2D eigenvalue weighted by molar-refractivity contribution is 5.74. The molecule has 0 aromatic heterocycles. The zero-order valence-corrected chi connectivity index (χ0v) is 86.5. The van der Waals surface area contributed by atoms with E-state index in [9.17, 15) is 28.8 Å². The predicted molar refractivity (Wildman–Crippen MR) is 541 cm³/mol. The van der Waals surface area contributed by atoms with Gasteiger partial charge in [-0.05, 0) is 201 Å². The van der Waals surface area contributed by atoms with Crippen molar-refractivity contribution in [3.05, 3.63) is 0 Å². The molecule has 0 saturated carbocycles. The molecular formula is C111H215N5O12. The van der Waals surface area contributed by atoms with E-state index in [-0.39, 0.29) is 72.3 Å². The summed E-state index contributed by atoms with van der Waals surface area (Å²) in [5, 5.41) is 0. The molecule has 1 heterocycles. The number of rotatable bonds is 101. The van der Waals surface area contributed by atoms with E-state index in [0.717, 1.165) is 323 Å². The van der Waals surface area contributed by atoms with Crippen LogP contribution in [-0.2, 0) is 57.2 Å². The summed E-state index contributed by atoms with van der Waals surface area (Å²) in [4.78, 5) is 93.2. The first-order chi connectivity index (χ1) is 62.8. The van der Waals surface area contributed by atoms with Crippen LogP contribution in [0.5, 0.6) is 0 Å². The second-order valence-corrected chi connectivity index (χ2v) is 39.5. The first kappa shape index (κ1) is 123. The van der Waals surface area contributed by atoms with Gasteiger partial charge in [0.25, 0.3) is 0 Å². The lowest BCUT2D eigenvalue weighted by Crippen LogP contribution is -2.44. The SMILES string of the molecule is CCCCCCCCC(CCCCCC)C(=O)OCCCCCCN(CCCCCCOC(=O)C(CCCCCC)CCCCCCCC)CCCCOC(=O)CCN(CCCCN1CCN(C)CC1)CCC(=O)OCCCCN(CCCCCCOC(=O)C(CCCCCC)CCCCCCCC)CCCCCCOC(=O)C(CCCCCC)CCCCCCCC. The molecule has 1 aliphatic heterocycles. The molecule has 756 valence electrons. The van der Waals surface area contributed by atoms with Crippen molar-refractivity contribution in [1.29, 1.82) is 0 Å². The van der Waals surface area contributed by atoms with Gasteiger partial charge in [0.2, 0.25) is 0 Å². The Kier molecular flexibility index (Phi) is 91.3. The highest BCUT2D eigenvalue weighted by atomic mass is 16.6. The minimum atomic E-state index is -0.181. The number of ether oxygens (including phenoxy) is 6. The Morgan fingerprint density at radius 2 is 0.391 bits per heavy atom. The molecule has 0 aromatic rings. The Labute approximate surface area is 792 Å². The minimum absolute atomic E-state index is 0.0275. The van der Waals surface area contributed by atoms with Gasteiger partial charge < -0.3 is 52.9 Å². The van der Waals surface area contributed by atoms with E-state index in [1.165, 1.54) is 205 Å². The molecule has 128 heavy (non-hydrogen) atoms. The van der Waals surface area contributed by atoms with Gasteiger partial charge in [-0.25, -0.2) is 0 Å². The van der Waals surface area contributed by atoms with Crippen molar-refractivity contribution in [3.8, 4) is 0 Å². The van der Waals surface area contributed by atoms with Crippen LogP contribution < -0.4 is 0 Å². The molecule has 1 aliphatic rings. The van der Waals surface area contributed by atoms with Crippen LogP contribution in [0.4, 0.5) is 0 Å². The van der Waals surface area contributed by atoms with Crippen molar-refractivity contribution in [2.75, 3.05) is 138 Å². The summed E-state index contributed by atoms with van der Waals surface area (Å²) in [5.41, 5.74) is 0. The monoisotopic (exact) mass is 1810 g/mol. The van der Waals surface area contributed by atoms with Crippen molar-refractivity contribution in [3.63, 3.8) is 0 Å². The Balaban J connectivity index is 3.01. The summed E-state index contributed by atoms with van der Waals surface area (Å²) >= 11 is 0. The molecule has 1 rings (SSSR count). The normalized spacial score (nSPS) is 13.7. The smallest absolute Gasteiger partial charge is 0.308 e. The van der Waals surface area contributed by atoms with E-state index in [0.29, 0.717) is 52.7 Å². The molecule has 0 aliphatic carbocycles. The van der Waals surface area contributed by atoms with Crippen LogP contribution in [0.25, 0.3) is 0 Å². The van der Waals surface area contributed by atoms with Crippen LogP contribution in [0, 0.1) is 23.7 Å². The van der Waals surface area contributed by atoms with Gasteiger partial charge in [0, 0.05) is 39.3 Å². The molecule has 0 spiro atoms. The van der Waals surface area contributed by atoms with Crippen molar-refractivity contribution >= 4 is 35.8 Å². The number of nitrogens with zero attached hydrogens (tertiary/aromatic N) is 5. The first-order valence-corrected chi connectivity index (χ1v) is 56.3. The largest absolute Gasteiger partial charge is 0.466 e. The second kappa shape index (κ2) is 95.3. The molecular weight excluding hydrogens is 1600 g/mol. The molecule has 1 saturated heterocycles. The van der Waals surface area contributed by atoms with Crippen LogP contribution in [0.15, 0.2) is 0 Å². The number of carbonyl (C=O) groups excluding carboxylic acids is 6. The van der Waals surface area contributed by atoms with Gasteiger partial charge in [-0.3, -0.25) is 28.8 Å². The summed E-state index contributed by atoms with van der Waals surface area (Å²) in [6, 6.07) is 0. The molecule has 0 bridgehead atoms. The zero-order chi connectivity index (χ0) is 93.0. The van der Waals surface area contributed by atoms with Crippen molar-refractivity contribution in [1.82, 2.24) is 24.5 Å². The summed E-state index contributed by atoms with van der Waals surface area (Å²) in [5.74, 6) is -0.108. The van der Waals surface area contributed by atoms with Crippen molar-refractivity contribution in [2.24, 2.45) is 23.7 Å². The quantitative estimate of drug-likeness (QED) is 0.0319. The maximum atomic E-state index is 13.6. The standard InChI is InChI=1S/C111H215N5O12/c1-10-18-26-34-38-54-76-102(72-50-30-22-14-5)108(119)125-98-66-46-42-58-82-113(83-59-43-47-67-99-126-109(120)103(73-51-31-23-15-6)77-55-39-35-27-19-11-2)88-64-70-96-123-106(117)80-90-115(86-62-63-87-116-94-92-112(9)93-95-116)91-81-107(118)124-97-71-65-89-114(84-60-44-48-68-100-127-110(121)104(74-52-32-24-16-7)78-56-40-36-28-20-12-3)85-61-45-49-69-101-128-111(122)105(75-53-33-25-17-8)79-57-41-37-29-21-13-4/h102-105H,10-101H2,1-9H3. The highest BCUT2D eigenvalue weighted by Gasteiger charge is 2.25. The Bertz CT molecular complexity index is 2150. The van der Waals surface area contributed by atoms with Gasteiger partial charge in [0.15, 0.2) is 0 Å². The zero-order valence-electron chi connectivity index (χ0n) is 86.5. The van der Waals surface area contributed by atoms with E-state index in [1.54, 1.807) is 0 Å². The van der Waals surface area contributed by atoms with Crippen LogP contribution in [-0.4, -0.2) is 199 Å². The van der Waals surface area contributed by atoms with Crippen LogP contribution in [0.1, 0.15) is 518 Å². The Morgan fingerprint density at radius 1 is 0.211 bits per heavy atom. The number of unbranched alkanes of at least 4 members (excludes halogenated alkanes) is 47. The molecule has 17 nitrogen and oxygen atoms in total. The van der Waals surface area contributed by atoms with Crippen molar-refractivity contribution in [2.45, 2.75) is 518 Å². The van der Waals surface area contributed by atoms with Gasteiger partial charge >= 0.3 is 35.8 Å². The number of hydrogen-bond donors (Lipinski definition) is 0. The fourth-order valence-electron chi connectivity index (χ4n) is 18.4. The minimum Gasteiger partial charge on any atom is -0.466 e. The maximum Gasteiger partial charge on any atom is 0.308 e.